The van der Waals surface area contributed by atoms with Crippen LogP contribution < -0.4 is 15.4 Å². The summed E-state index contributed by atoms with van der Waals surface area (Å²) in [6.45, 7) is 8.81. The molecule has 1 aliphatic heterocycles. The molecule has 1 aromatic heterocycles. The number of rotatable bonds is 4. The van der Waals surface area contributed by atoms with E-state index in [0.717, 1.165) is 29.7 Å². The fourth-order valence-electron chi connectivity index (χ4n) is 4.02. The van der Waals surface area contributed by atoms with Crippen LogP contribution in [0.1, 0.15) is 46.2 Å². The fourth-order valence-corrected chi connectivity index (χ4v) is 4.02. The van der Waals surface area contributed by atoms with E-state index in [1.54, 1.807) is 12.3 Å². The Morgan fingerprint density at radius 1 is 1.15 bits per heavy atom. The molecule has 1 aliphatic carbocycles. The highest BCUT2D eigenvalue weighted by Crippen LogP contribution is 2.31. The van der Waals surface area contributed by atoms with Crippen LogP contribution in [0.15, 0.2) is 42.1 Å². The molecule has 0 spiro atoms. The molecule has 0 bridgehead atoms. The summed E-state index contributed by atoms with van der Waals surface area (Å²) < 4.78 is 6.14. The molecular weight excluding hydrogens is 338 g/mol. The van der Waals surface area contributed by atoms with Gasteiger partial charge in [0.25, 0.3) is 0 Å². The average Bonchev–Trinajstić information content (AvgIpc) is 2.55. The molecule has 1 saturated heterocycles. The zero-order valence-corrected chi connectivity index (χ0v) is 16.8. The van der Waals surface area contributed by atoms with E-state index in [2.05, 4.69) is 48.5 Å². The van der Waals surface area contributed by atoms with E-state index in [1.807, 2.05) is 31.3 Å². The summed E-state index contributed by atoms with van der Waals surface area (Å²) in [5.74, 6) is 0.552. The van der Waals surface area contributed by atoms with Crippen molar-refractivity contribution in [1.29, 1.82) is 5.41 Å². The molecule has 3 N–H and O–H groups in total. The van der Waals surface area contributed by atoms with Crippen molar-refractivity contribution in [2.24, 2.45) is 0 Å². The van der Waals surface area contributed by atoms with Gasteiger partial charge in [-0.05, 0) is 45.9 Å². The summed E-state index contributed by atoms with van der Waals surface area (Å²) in [5.41, 5.74) is 3.03. The standard InChI is InChI=1S/C21H29N5O/c1-20(2)11-16(12-21(3,4)26-20)27-19-9-8-18(24-25-19)14-6-7-17(22)15(10-14)13-23-5/h6-10,13,16,22-23,26H,11-12H2,1-5H3/b15-13-,22-17?. The first-order valence-electron chi connectivity index (χ1n) is 9.34. The van der Waals surface area contributed by atoms with E-state index in [-0.39, 0.29) is 17.2 Å². The third-order valence-corrected chi connectivity index (χ3v) is 4.73. The van der Waals surface area contributed by atoms with Gasteiger partial charge in [0.1, 0.15) is 6.10 Å². The van der Waals surface area contributed by atoms with Crippen LogP contribution in [0.2, 0.25) is 0 Å². The van der Waals surface area contributed by atoms with Crippen LogP contribution in [-0.4, -0.2) is 40.1 Å². The summed E-state index contributed by atoms with van der Waals surface area (Å²) in [7, 11) is 1.82. The lowest BCUT2D eigenvalue weighted by atomic mass is 9.81. The molecule has 0 saturated carbocycles. The van der Waals surface area contributed by atoms with E-state index >= 15 is 0 Å². The van der Waals surface area contributed by atoms with Crippen molar-refractivity contribution in [3.05, 3.63) is 47.8 Å². The minimum absolute atomic E-state index is 0.0258. The van der Waals surface area contributed by atoms with Gasteiger partial charge >= 0.3 is 0 Å². The lowest BCUT2D eigenvalue weighted by Crippen LogP contribution is -2.60. The normalized spacial score (nSPS) is 23.2. The van der Waals surface area contributed by atoms with E-state index in [1.165, 1.54) is 0 Å². The van der Waals surface area contributed by atoms with Gasteiger partial charge < -0.3 is 20.8 Å². The summed E-state index contributed by atoms with van der Waals surface area (Å²) in [4.78, 5) is 0. The number of nitrogens with one attached hydrogen (secondary N) is 3. The summed E-state index contributed by atoms with van der Waals surface area (Å²) >= 11 is 0. The first kappa shape index (κ1) is 19.3. The van der Waals surface area contributed by atoms with Gasteiger partial charge in [-0.3, -0.25) is 0 Å². The Labute approximate surface area is 161 Å². The number of piperidine rings is 1. The summed E-state index contributed by atoms with van der Waals surface area (Å²) in [6.07, 6.45) is 9.35. The maximum atomic E-state index is 7.94. The van der Waals surface area contributed by atoms with E-state index in [9.17, 15) is 0 Å². The van der Waals surface area contributed by atoms with Crippen molar-refractivity contribution in [2.45, 2.75) is 57.7 Å². The van der Waals surface area contributed by atoms with Gasteiger partial charge in [-0.15, -0.1) is 10.2 Å². The number of allylic oxidation sites excluding steroid dienone is 5. The zero-order chi connectivity index (χ0) is 19.7. The summed E-state index contributed by atoms with van der Waals surface area (Å²) in [5, 5.41) is 23.2. The van der Waals surface area contributed by atoms with Crippen LogP contribution >= 0.6 is 0 Å². The quantitative estimate of drug-likeness (QED) is 0.761. The highest BCUT2D eigenvalue weighted by Gasteiger charge is 2.38. The van der Waals surface area contributed by atoms with Crippen molar-refractivity contribution in [2.75, 3.05) is 7.05 Å². The van der Waals surface area contributed by atoms with Crippen LogP contribution in [0.4, 0.5) is 0 Å². The molecule has 0 atom stereocenters. The van der Waals surface area contributed by atoms with Gasteiger partial charge in [-0.2, -0.15) is 0 Å². The lowest BCUT2D eigenvalue weighted by Gasteiger charge is -2.46. The van der Waals surface area contributed by atoms with E-state index < -0.39 is 0 Å². The second kappa shape index (κ2) is 7.27. The molecule has 2 heterocycles. The molecule has 3 rings (SSSR count). The molecule has 0 amide bonds. The molecule has 1 fully saturated rings. The number of aromatic nitrogens is 2. The molecule has 6 heteroatoms. The van der Waals surface area contributed by atoms with Crippen molar-refractivity contribution in [1.82, 2.24) is 20.8 Å². The van der Waals surface area contributed by atoms with E-state index in [0.29, 0.717) is 11.6 Å². The van der Waals surface area contributed by atoms with Gasteiger partial charge in [-0.25, -0.2) is 0 Å². The van der Waals surface area contributed by atoms with Crippen molar-refractivity contribution < 1.29 is 4.74 Å². The SMILES string of the molecule is CN/C=C1/C=C(c2ccc(OC3CC(C)(C)NC(C)(C)C3)nn2)C=CC1=N. The first-order chi connectivity index (χ1) is 12.7. The first-order valence-corrected chi connectivity index (χ1v) is 9.34. The molecule has 0 radical (unpaired) electrons. The smallest absolute Gasteiger partial charge is 0.233 e. The zero-order valence-electron chi connectivity index (χ0n) is 16.8. The van der Waals surface area contributed by atoms with Crippen LogP contribution in [0.3, 0.4) is 0 Å². The van der Waals surface area contributed by atoms with Crippen LogP contribution in [-0.2, 0) is 0 Å². The number of nitrogens with zero attached hydrogens (tertiary/aromatic N) is 2. The third-order valence-electron chi connectivity index (χ3n) is 4.73. The highest BCUT2D eigenvalue weighted by molar-refractivity contribution is 6.12. The van der Waals surface area contributed by atoms with E-state index in [4.69, 9.17) is 10.1 Å². The molecule has 1 aromatic rings. The predicted octanol–water partition coefficient (Wildman–Crippen LogP) is 3.24. The molecular formula is C21H29N5O. The monoisotopic (exact) mass is 367 g/mol. The molecule has 27 heavy (non-hydrogen) atoms. The lowest BCUT2D eigenvalue weighted by molar-refractivity contribution is 0.0523. The van der Waals surface area contributed by atoms with Crippen LogP contribution in [0, 0.1) is 5.41 Å². The van der Waals surface area contributed by atoms with Crippen molar-refractivity contribution >= 4 is 11.3 Å². The Balaban J connectivity index is 1.73. The van der Waals surface area contributed by atoms with Gasteiger partial charge in [0.2, 0.25) is 5.88 Å². The third kappa shape index (κ3) is 4.83. The molecule has 0 unspecified atom stereocenters. The summed E-state index contributed by atoms with van der Waals surface area (Å²) in [6, 6.07) is 3.79. The largest absolute Gasteiger partial charge is 0.473 e. The Kier molecular flexibility index (Phi) is 5.20. The van der Waals surface area contributed by atoms with Gasteiger partial charge in [0.15, 0.2) is 0 Å². The van der Waals surface area contributed by atoms with Crippen LogP contribution in [0.25, 0.3) is 5.57 Å². The topological polar surface area (TPSA) is 82.9 Å². The van der Waals surface area contributed by atoms with Crippen LogP contribution in [0.5, 0.6) is 5.88 Å². The Hall–Kier alpha value is -2.47. The number of hydrogen-bond donors (Lipinski definition) is 3. The molecule has 0 aromatic carbocycles. The minimum atomic E-state index is 0.0258. The maximum absolute atomic E-state index is 7.94. The number of hydrogen-bond acceptors (Lipinski definition) is 6. The average molecular weight is 367 g/mol. The van der Waals surface area contributed by atoms with Crippen molar-refractivity contribution in [3.8, 4) is 5.88 Å². The molecule has 6 nitrogen and oxygen atoms in total. The molecule has 2 aliphatic rings. The van der Waals surface area contributed by atoms with Gasteiger partial charge in [0.05, 0.1) is 11.4 Å². The minimum Gasteiger partial charge on any atom is -0.473 e. The Bertz CT molecular complexity index is 786. The second-order valence-electron chi connectivity index (χ2n) is 8.53. The molecule has 144 valence electrons. The maximum Gasteiger partial charge on any atom is 0.233 e. The second-order valence-corrected chi connectivity index (χ2v) is 8.53. The highest BCUT2D eigenvalue weighted by atomic mass is 16.5. The van der Waals surface area contributed by atoms with Gasteiger partial charge in [0, 0.05) is 54.4 Å². The number of ether oxygens (including phenoxy) is 1. The predicted molar refractivity (Wildman–Crippen MR) is 109 cm³/mol. The van der Waals surface area contributed by atoms with Gasteiger partial charge in [-0.1, -0.05) is 6.08 Å². The van der Waals surface area contributed by atoms with Crippen molar-refractivity contribution in [3.63, 3.8) is 0 Å². The fraction of sp³-hybridized carbons (Fsp3) is 0.476. The Morgan fingerprint density at radius 3 is 2.44 bits per heavy atom. The Morgan fingerprint density at radius 2 is 1.85 bits per heavy atom.